The van der Waals surface area contributed by atoms with Gasteiger partial charge in [0, 0.05) is 44.0 Å². The topological polar surface area (TPSA) is 64.7 Å². The molecule has 1 atom stereocenters. The van der Waals surface area contributed by atoms with Crippen LogP contribution in [-0.2, 0) is 4.79 Å². The number of aryl methyl sites for hydroxylation is 1. The largest absolute Gasteiger partial charge is 0.369 e. The molecule has 6 heteroatoms. The van der Waals surface area contributed by atoms with Crippen LogP contribution in [0.15, 0.2) is 54.6 Å². The third-order valence-electron chi connectivity index (χ3n) is 5.72. The van der Waals surface area contributed by atoms with E-state index < -0.39 is 6.04 Å². The van der Waals surface area contributed by atoms with Gasteiger partial charge in [0.2, 0.25) is 5.91 Å². The normalized spacial score (nSPS) is 15.4. The number of nitrogens with zero attached hydrogens (tertiary/aromatic N) is 2. The van der Waals surface area contributed by atoms with Gasteiger partial charge in [-0.05, 0) is 57.5 Å². The summed E-state index contributed by atoms with van der Waals surface area (Å²) in [7, 11) is 0. The zero-order valence-corrected chi connectivity index (χ0v) is 18.6. The minimum Gasteiger partial charge on any atom is -0.369 e. The van der Waals surface area contributed by atoms with Gasteiger partial charge in [-0.3, -0.25) is 14.5 Å². The fourth-order valence-corrected chi connectivity index (χ4v) is 3.83. The highest BCUT2D eigenvalue weighted by Gasteiger charge is 2.18. The lowest BCUT2D eigenvalue weighted by atomic mass is 10.1. The zero-order valence-electron chi connectivity index (χ0n) is 18.6. The van der Waals surface area contributed by atoms with Crippen LogP contribution in [0.1, 0.15) is 35.7 Å². The summed E-state index contributed by atoms with van der Waals surface area (Å²) in [6.45, 7) is 9.60. The molecule has 31 heavy (non-hydrogen) atoms. The maximum atomic E-state index is 12.3. The molecular weight excluding hydrogens is 388 g/mol. The third-order valence-corrected chi connectivity index (χ3v) is 5.72. The lowest BCUT2D eigenvalue weighted by molar-refractivity contribution is -0.122. The van der Waals surface area contributed by atoms with Gasteiger partial charge in [-0.25, -0.2) is 0 Å². The first-order valence-electron chi connectivity index (χ1n) is 11.2. The number of amides is 2. The highest BCUT2D eigenvalue weighted by molar-refractivity contribution is 5.97. The Morgan fingerprint density at radius 2 is 1.71 bits per heavy atom. The Bertz CT molecular complexity index is 848. The van der Waals surface area contributed by atoms with E-state index in [1.54, 1.807) is 13.0 Å². The Kier molecular flexibility index (Phi) is 8.47. The average molecular weight is 423 g/mol. The first-order valence-corrected chi connectivity index (χ1v) is 11.2. The van der Waals surface area contributed by atoms with Gasteiger partial charge in [0.05, 0.1) is 0 Å². The molecule has 3 rings (SSSR count). The van der Waals surface area contributed by atoms with E-state index >= 15 is 0 Å². The van der Waals surface area contributed by atoms with E-state index in [1.807, 2.05) is 25.1 Å². The summed E-state index contributed by atoms with van der Waals surface area (Å²) in [5.41, 5.74) is 2.90. The lowest BCUT2D eigenvalue weighted by Gasteiger charge is -2.36. The van der Waals surface area contributed by atoms with Crippen molar-refractivity contribution in [2.24, 2.45) is 0 Å². The van der Waals surface area contributed by atoms with Crippen LogP contribution in [0.2, 0.25) is 0 Å². The third kappa shape index (κ3) is 7.10. The van der Waals surface area contributed by atoms with Gasteiger partial charge in [0.1, 0.15) is 6.04 Å². The summed E-state index contributed by atoms with van der Waals surface area (Å²) >= 11 is 0. The van der Waals surface area contributed by atoms with Crippen molar-refractivity contribution >= 4 is 17.5 Å². The van der Waals surface area contributed by atoms with Crippen LogP contribution in [0, 0.1) is 6.92 Å². The summed E-state index contributed by atoms with van der Waals surface area (Å²) in [5, 5.41) is 5.71. The maximum Gasteiger partial charge on any atom is 0.251 e. The van der Waals surface area contributed by atoms with Crippen molar-refractivity contribution in [1.82, 2.24) is 15.5 Å². The average Bonchev–Trinajstić information content (AvgIpc) is 2.79. The van der Waals surface area contributed by atoms with E-state index in [2.05, 4.69) is 50.8 Å². The first kappa shape index (κ1) is 22.8. The maximum absolute atomic E-state index is 12.3. The molecule has 2 aromatic carbocycles. The van der Waals surface area contributed by atoms with Crippen molar-refractivity contribution < 1.29 is 9.59 Å². The molecule has 166 valence electrons. The van der Waals surface area contributed by atoms with E-state index in [0.29, 0.717) is 12.1 Å². The van der Waals surface area contributed by atoms with Gasteiger partial charge in [-0.1, -0.05) is 35.9 Å². The van der Waals surface area contributed by atoms with E-state index in [4.69, 9.17) is 0 Å². The van der Waals surface area contributed by atoms with Crippen LogP contribution in [-0.4, -0.2) is 62.0 Å². The molecule has 1 heterocycles. The number of hydrogen-bond acceptors (Lipinski definition) is 4. The predicted octanol–water partition coefficient (Wildman–Crippen LogP) is 2.83. The number of nitrogens with one attached hydrogen (secondary N) is 2. The number of benzene rings is 2. The van der Waals surface area contributed by atoms with E-state index in [9.17, 15) is 9.59 Å². The van der Waals surface area contributed by atoms with Gasteiger partial charge in [-0.15, -0.1) is 0 Å². The van der Waals surface area contributed by atoms with Crippen LogP contribution in [0.4, 0.5) is 5.69 Å². The quantitative estimate of drug-likeness (QED) is 0.610. The van der Waals surface area contributed by atoms with Gasteiger partial charge in [0.25, 0.3) is 5.91 Å². The number of piperazine rings is 1. The van der Waals surface area contributed by atoms with Crippen molar-refractivity contribution in [3.8, 4) is 0 Å². The minimum atomic E-state index is -0.556. The second-order valence-electron chi connectivity index (χ2n) is 8.23. The summed E-state index contributed by atoms with van der Waals surface area (Å²) in [4.78, 5) is 29.5. The van der Waals surface area contributed by atoms with Crippen LogP contribution >= 0.6 is 0 Å². The number of hydrogen-bond donors (Lipinski definition) is 2. The first-order chi connectivity index (χ1) is 15.0. The van der Waals surface area contributed by atoms with E-state index in [1.165, 1.54) is 5.69 Å². The molecular formula is C25H34N4O2. The number of carbonyl (C=O) groups excluding carboxylic acids is 2. The number of carbonyl (C=O) groups is 2. The predicted molar refractivity (Wildman–Crippen MR) is 125 cm³/mol. The Hall–Kier alpha value is -2.86. The number of unbranched alkanes of at least 4 members (excludes halogenated alkanes) is 1. The van der Waals surface area contributed by atoms with E-state index in [-0.39, 0.29) is 11.8 Å². The fourth-order valence-electron chi connectivity index (χ4n) is 3.83. The summed E-state index contributed by atoms with van der Waals surface area (Å²) in [6.07, 6.45) is 1.98. The number of anilines is 1. The smallest absolute Gasteiger partial charge is 0.251 e. The molecule has 2 N–H and O–H groups in total. The number of para-hydroxylation sites is 1. The molecule has 0 aliphatic carbocycles. The van der Waals surface area contributed by atoms with Crippen molar-refractivity contribution in [2.75, 3.05) is 44.2 Å². The van der Waals surface area contributed by atoms with Gasteiger partial charge >= 0.3 is 0 Å². The van der Waals surface area contributed by atoms with E-state index in [0.717, 1.165) is 51.1 Å². The molecule has 1 fully saturated rings. The Labute approximate surface area is 185 Å². The molecule has 1 aliphatic heterocycles. The molecule has 0 bridgehead atoms. The van der Waals surface area contributed by atoms with Gasteiger partial charge in [0.15, 0.2) is 0 Å². The molecule has 0 spiro atoms. The molecule has 1 saturated heterocycles. The Morgan fingerprint density at radius 1 is 0.968 bits per heavy atom. The Morgan fingerprint density at radius 3 is 2.42 bits per heavy atom. The lowest BCUT2D eigenvalue weighted by Crippen LogP contribution is -2.47. The molecule has 0 saturated carbocycles. The number of rotatable bonds is 9. The van der Waals surface area contributed by atoms with Crippen LogP contribution in [0.5, 0.6) is 0 Å². The minimum absolute atomic E-state index is 0.141. The van der Waals surface area contributed by atoms with Gasteiger partial charge in [-0.2, -0.15) is 0 Å². The Balaban J connectivity index is 1.27. The fraction of sp³-hybridized carbons (Fsp3) is 0.440. The molecule has 6 nitrogen and oxygen atoms in total. The molecule has 1 aliphatic rings. The molecule has 1 unspecified atom stereocenters. The second kappa shape index (κ2) is 11.5. The highest BCUT2D eigenvalue weighted by Crippen LogP contribution is 2.15. The standard InChI is InChI=1S/C25H34N4O2/c1-20-9-8-10-22(19-20)25(31)27-21(2)24(30)26-13-6-7-14-28-15-17-29(18-16-28)23-11-4-3-5-12-23/h3-5,8-12,19,21H,6-7,13-18H2,1-2H3,(H,26,30)(H,27,31). The molecule has 2 amide bonds. The monoisotopic (exact) mass is 422 g/mol. The summed E-state index contributed by atoms with van der Waals surface area (Å²) in [5.74, 6) is -0.363. The van der Waals surface area contributed by atoms with Crippen LogP contribution in [0.25, 0.3) is 0 Å². The van der Waals surface area contributed by atoms with Crippen molar-refractivity contribution in [3.63, 3.8) is 0 Å². The summed E-state index contributed by atoms with van der Waals surface area (Å²) < 4.78 is 0. The highest BCUT2D eigenvalue weighted by atomic mass is 16.2. The van der Waals surface area contributed by atoms with Crippen molar-refractivity contribution in [2.45, 2.75) is 32.7 Å². The molecule has 0 aromatic heterocycles. The second-order valence-corrected chi connectivity index (χ2v) is 8.23. The zero-order chi connectivity index (χ0) is 22.1. The van der Waals surface area contributed by atoms with Gasteiger partial charge < -0.3 is 15.5 Å². The van der Waals surface area contributed by atoms with Crippen molar-refractivity contribution in [3.05, 3.63) is 65.7 Å². The van der Waals surface area contributed by atoms with Crippen LogP contribution < -0.4 is 15.5 Å². The van der Waals surface area contributed by atoms with Crippen LogP contribution in [0.3, 0.4) is 0 Å². The molecule has 2 aromatic rings. The SMILES string of the molecule is Cc1cccc(C(=O)NC(C)C(=O)NCCCCN2CCN(c3ccccc3)CC2)c1. The summed E-state index contributed by atoms with van der Waals surface area (Å²) in [6, 6.07) is 17.4. The molecule has 0 radical (unpaired) electrons. The van der Waals surface area contributed by atoms with Crippen molar-refractivity contribution in [1.29, 1.82) is 0 Å².